The Hall–Kier alpha value is -4.26. The third-order valence-corrected chi connectivity index (χ3v) is 4.31. The smallest absolute Gasteiger partial charge is 0.277 e. The molecule has 0 saturated heterocycles. The number of hydrogen-bond acceptors (Lipinski definition) is 5. The van der Waals surface area contributed by atoms with Gasteiger partial charge in [0.25, 0.3) is 11.5 Å². The number of aromatic nitrogens is 2. The van der Waals surface area contributed by atoms with Gasteiger partial charge in [0.1, 0.15) is 11.6 Å². The highest BCUT2D eigenvalue weighted by Crippen LogP contribution is 2.20. The number of carbonyl (C=O) groups is 1. The van der Waals surface area contributed by atoms with Crippen LogP contribution < -0.4 is 15.7 Å². The van der Waals surface area contributed by atoms with Crippen molar-refractivity contribution in [3.05, 3.63) is 94.8 Å². The number of nitrogens with zero attached hydrogens (tertiary/aromatic N) is 2. The minimum Gasteiger partial charge on any atom is -0.484 e. The molecule has 0 saturated carbocycles. The number of amides is 1. The molecule has 0 atom stereocenters. The lowest BCUT2D eigenvalue weighted by molar-refractivity contribution is -0.123. The average Bonchev–Trinajstić information content (AvgIpc) is 2.79. The van der Waals surface area contributed by atoms with E-state index in [4.69, 9.17) is 4.74 Å². The van der Waals surface area contributed by atoms with Crippen molar-refractivity contribution in [2.45, 2.75) is 0 Å². The maximum Gasteiger partial charge on any atom is 0.277 e. The fourth-order valence-corrected chi connectivity index (χ4v) is 2.83. The molecule has 1 aromatic heterocycles. The molecule has 0 bridgehead atoms. The second kappa shape index (κ2) is 8.83. The van der Waals surface area contributed by atoms with Gasteiger partial charge in [-0.2, -0.15) is 5.10 Å². The maximum atomic E-state index is 12.2. The van der Waals surface area contributed by atoms with E-state index < -0.39 is 0 Å². The molecule has 0 fully saturated rings. The molecule has 3 aromatic carbocycles. The quantitative estimate of drug-likeness (QED) is 0.385. The molecular weight excluding hydrogens is 380 g/mol. The number of ether oxygens (including phenoxy) is 1. The summed E-state index contributed by atoms with van der Waals surface area (Å²) in [5.74, 6) is 0.620. The summed E-state index contributed by atoms with van der Waals surface area (Å²) in [5, 5.41) is 4.44. The van der Waals surface area contributed by atoms with Crippen LogP contribution >= 0.6 is 0 Å². The topological polar surface area (TPSA) is 96.4 Å². The Morgan fingerprint density at radius 3 is 2.53 bits per heavy atom. The SMILES string of the molecule is O=C(COc1ccc(-c2nc3ccccc3c(=O)[nH]2)cc1)N/N=C/c1ccccc1. The predicted octanol–water partition coefficient (Wildman–Crippen LogP) is 3.12. The van der Waals surface area contributed by atoms with Crippen LogP contribution in [0.15, 0.2) is 88.8 Å². The maximum absolute atomic E-state index is 12.2. The first-order valence-electron chi connectivity index (χ1n) is 9.28. The minimum absolute atomic E-state index is 0.170. The minimum atomic E-state index is -0.369. The summed E-state index contributed by atoms with van der Waals surface area (Å²) in [6, 6.07) is 23.6. The zero-order chi connectivity index (χ0) is 20.8. The van der Waals surface area contributed by atoms with Gasteiger partial charge in [0.15, 0.2) is 6.61 Å². The summed E-state index contributed by atoms with van der Waals surface area (Å²) in [6.45, 7) is -0.170. The zero-order valence-corrected chi connectivity index (χ0v) is 15.9. The number of nitrogens with one attached hydrogen (secondary N) is 2. The summed E-state index contributed by atoms with van der Waals surface area (Å²) in [4.78, 5) is 31.4. The highest BCUT2D eigenvalue weighted by atomic mass is 16.5. The van der Waals surface area contributed by atoms with E-state index in [-0.39, 0.29) is 18.1 Å². The lowest BCUT2D eigenvalue weighted by Gasteiger charge is -2.07. The largest absolute Gasteiger partial charge is 0.484 e. The number of hydrazone groups is 1. The number of benzene rings is 3. The van der Waals surface area contributed by atoms with Gasteiger partial charge in [-0.05, 0) is 42.0 Å². The normalized spacial score (nSPS) is 10.9. The molecule has 0 unspecified atom stereocenters. The predicted molar refractivity (Wildman–Crippen MR) is 115 cm³/mol. The van der Waals surface area contributed by atoms with Crippen LogP contribution in [0.2, 0.25) is 0 Å². The second-order valence-electron chi connectivity index (χ2n) is 6.45. The van der Waals surface area contributed by atoms with E-state index in [1.165, 1.54) is 0 Å². The third-order valence-electron chi connectivity index (χ3n) is 4.31. The molecule has 4 aromatic rings. The Kier molecular flexibility index (Phi) is 5.61. The number of hydrogen-bond donors (Lipinski definition) is 2. The average molecular weight is 398 g/mol. The summed E-state index contributed by atoms with van der Waals surface area (Å²) < 4.78 is 5.48. The molecule has 7 heteroatoms. The van der Waals surface area contributed by atoms with Crippen molar-refractivity contribution in [1.82, 2.24) is 15.4 Å². The second-order valence-corrected chi connectivity index (χ2v) is 6.45. The number of fused-ring (bicyclic) bond motifs is 1. The van der Waals surface area contributed by atoms with E-state index in [1.54, 1.807) is 48.7 Å². The van der Waals surface area contributed by atoms with Crippen molar-refractivity contribution >= 4 is 23.0 Å². The molecule has 7 nitrogen and oxygen atoms in total. The third kappa shape index (κ3) is 4.59. The Labute approximate surface area is 172 Å². The number of aromatic amines is 1. The van der Waals surface area contributed by atoms with E-state index >= 15 is 0 Å². The van der Waals surface area contributed by atoms with Gasteiger partial charge in [0.2, 0.25) is 0 Å². The number of para-hydroxylation sites is 1. The van der Waals surface area contributed by atoms with Crippen molar-refractivity contribution in [2.75, 3.05) is 6.61 Å². The van der Waals surface area contributed by atoms with Crippen molar-refractivity contribution < 1.29 is 9.53 Å². The molecule has 0 aliphatic heterocycles. The van der Waals surface area contributed by atoms with Crippen LogP contribution in [0.25, 0.3) is 22.3 Å². The highest BCUT2D eigenvalue weighted by Gasteiger charge is 2.07. The Morgan fingerprint density at radius 1 is 1.00 bits per heavy atom. The van der Waals surface area contributed by atoms with Gasteiger partial charge in [0, 0.05) is 5.56 Å². The van der Waals surface area contributed by atoms with Crippen LogP contribution in [-0.4, -0.2) is 28.7 Å². The first kappa shape index (κ1) is 19.1. The molecule has 1 amide bonds. The van der Waals surface area contributed by atoms with E-state index in [2.05, 4.69) is 20.5 Å². The number of H-pyrrole nitrogens is 1. The van der Waals surface area contributed by atoms with Gasteiger partial charge < -0.3 is 9.72 Å². The van der Waals surface area contributed by atoms with Gasteiger partial charge in [-0.3, -0.25) is 9.59 Å². The molecule has 0 spiro atoms. The summed E-state index contributed by atoms with van der Waals surface area (Å²) in [6.07, 6.45) is 1.56. The van der Waals surface area contributed by atoms with Gasteiger partial charge >= 0.3 is 0 Å². The molecule has 0 radical (unpaired) electrons. The summed E-state index contributed by atoms with van der Waals surface area (Å²) in [5.41, 5.74) is 4.48. The molecule has 4 rings (SSSR count). The van der Waals surface area contributed by atoms with Gasteiger partial charge in [0.05, 0.1) is 17.1 Å². The van der Waals surface area contributed by atoms with Crippen molar-refractivity contribution in [1.29, 1.82) is 0 Å². The lowest BCUT2D eigenvalue weighted by atomic mass is 10.2. The van der Waals surface area contributed by atoms with Crippen LogP contribution in [0.1, 0.15) is 5.56 Å². The zero-order valence-electron chi connectivity index (χ0n) is 15.9. The molecular formula is C23H18N4O3. The van der Waals surface area contributed by atoms with Gasteiger partial charge in [-0.15, -0.1) is 0 Å². The molecule has 0 aliphatic rings. The van der Waals surface area contributed by atoms with Gasteiger partial charge in [-0.1, -0.05) is 42.5 Å². The Morgan fingerprint density at radius 2 is 1.73 bits per heavy atom. The number of carbonyl (C=O) groups excluding carboxylic acids is 1. The van der Waals surface area contributed by atoms with Crippen molar-refractivity contribution in [2.24, 2.45) is 5.10 Å². The van der Waals surface area contributed by atoms with Crippen LogP contribution in [-0.2, 0) is 4.79 Å². The van der Waals surface area contributed by atoms with E-state index in [1.807, 2.05) is 36.4 Å². The Balaban J connectivity index is 1.36. The van der Waals surface area contributed by atoms with E-state index in [0.29, 0.717) is 22.5 Å². The molecule has 0 aliphatic carbocycles. The van der Waals surface area contributed by atoms with Crippen molar-refractivity contribution in [3.8, 4) is 17.1 Å². The monoisotopic (exact) mass is 398 g/mol. The van der Waals surface area contributed by atoms with Crippen LogP contribution in [0, 0.1) is 0 Å². The molecule has 2 N–H and O–H groups in total. The first-order chi connectivity index (χ1) is 14.7. The van der Waals surface area contributed by atoms with E-state index in [0.717, 1.165) is 11.1 Å². The summed E-state index contributed by atoms with van der Waals surface area (Å²) >= 11 is 0. The lowest BCUT2D eigenvalue weighted by Crippen LogP contribution is -2.24. The molecule has 1 heterocycles. The van der Waals surface area contributed by atoms with E-state index in [9.17, 15) is 9.59 Å². The fourth-order valence-electron chi connectivity index (χ4n) is 2.83. The number of rotatable bonds is 6. The Bertz CT molecular complexity index is 1250. The van der Waals surface area contributed by atoms with Crippen LogP contribution in [0.5, 0.6) is 5.75 Å². The highest BCUT2D eigenvalue weighted by molar-refractivity contribution is 5.83. The van der Waals surface area contributed by atoms with Crippen LogP contribution in [0.3, 0.4) is 0 Å². The molecule has 30 heavy (non-hydrogen) atoms. The molecule has 148 valence electrons. The summed E-state index contributed by atoms with van der Waals surface area (Å²) in [7, 11) is 0. The fraction of sp³-hybridized carbons (Fsp3) is 0.0435. The first-order valence-corrected chi connectivity index (χ1v) is 9.28. The standard InChI is InChI=1S/C23H18N4O3/c28-21(27-24-14-16-6-2-1-3-7-16)15-30-18-12-10-17(11-13-18)22-25-20-9-5-4-8-19(20)23(29)26-22/h1-14H,15H2,(H,27,28)(H,25,26,29)/b24-14+. The van der Waals surface area contributed by atoms with Crippen LogP contribution in [0.4, 0.5) is 0 Å². The van der Waals surface area contributed by atoms with Crippen molar-refractivity contribution in [3.63, 3.8) is 0 Å². The van der Waals surface area contributed by atoms with Gasteiger partial charge in [-0.25, -0.2) is 10.4 Å².